The zero-order chi connectivity index (χ0) is 24.5. The minimum Gasteiger partial charge on any atom is -0.387 e. The van der Waals surface area contributed by atoms with Crippen LogP contribution in [-0.2, 0) is 16.1 Å². The molecule has 0 unspecified atom stereocenters. The second-order valence-corrected chi connectivity index (χ2v) is 8.29. The molecule has 35 heavy (non-hydrogen) atoms. The van der Waals surface area contributed by atoms with Gasteiger partial charge in [0, 0.05) is 31.5 Å². The lowest BCUT2D eigenvalue weighted by molar-refractivity contribution is -0.137. The zero-order valence-electron chi connectivity index (χ0n) is 19.2. The molecule has 3 aromatic heterocycles. The zero-order valence-corrected chi connectivity index (χ0v) is 19.2. The van der Waals surface area contributed by atoms with E-state index in [1.807, 2.05) is 43.3 Å². The number of amides is 1. The van der Waals surface area contributed by atoms with Gasteiger partial charge in [-0.05, 0) is 24.1 Å². The summed E-state index contributed by atoms with van der Waals surface area (Å²) in [4.78, 5) is 30.2. The molecule has 0 spiro atoms. The van der Waals surface area contributed by atoms with Crippen LogP contribution in [0.25, 0.3) is 22.6 Å². The Bertz CT molecular complexity index is 1360. The molecule has 5 rings (SSSR count). The van der Waals surface area contributed by atoms with E-state index in [0.717, 1.165) is 16.7 Å². The maximum Gasteiger partial charge on any atom is 0.251 e. The van der Waals surface area contributed by atoms with Gasteiger partial charge in [0.1, 0.15) is 12.2 Å². The number of aromatic nitrogens is 5. The number of pyridine rings is 1. The van der Waals surface area contributed by atoms with Crippen molar-refractivity contribution in [3.05, 3.63) is 66.2 Å². The standard InChI is InChI=1S/C24H25N7O4/c1-13-8-9-26-11-15(13)20-29-21(27-10-14-6-4-3-5-7-14)16-22(30-20)31(12-28-16)24-18(33)17(32)19(35-24)23(34)25-2/h3-9,11-12,17-19,24,32-33H,10H2,1-2H3,(H,25,34)(H,27,29,30)/t17-,18+,19-,24+/m0/s1. The van der Waals surface area contributed by atoms with E-state index >= 15 is 0 Å². The Morgan fingerprint density at radius 3 is 2.69 bits per heavy atom. The second-order valence-electron chi connectivity index (χ2n) is 8.29. The Morgan fingerprint density at radius 1 is 1.14 bits per heavy atom. The number of rotatable bonds is 6. The van der Waals surface area contributed by atoms with Crippen molar-refractivity contribution < 1.29 is 19.7 Å². The van der Waals surface area contributed by atoms with Crippen molar-refractivity contribution in [2.45, 2.75) is 38.0 Å². The summed E-state index contributed by atoms with van der Waals surface area (Å²) in [6.07, 6.45) is -0.236. The van der Waals surface area contributed by atoms with Crippen molar-refractivity contribution in [2.24, 2.45) is 0 Å². The number of hydrogen-bond donors (Lipinski definition) is 4. The Hall–Kier alpha value is -3.93. The van der Waals surface area contributed by atoms with Crippen LogP contribution >= 0.6 is 0 Å². The molecule has 1 amide bonds. The summed E-state index contributed by atoms with van der Waals surface area (Å²) >= 11 is 0. The van der Waals surface area contributed by atoms with Gasteiger partial charge in [0.15, 0.2) is 35.1 Å². The summed E-state index contributed by atoms with van der Waals surface area (Å²) in [6.45, 7) is 2.44. The van der Waals surface area contributed by atoms with Crippen molar-refractivity contribution in [3.63, 3.8) is 0 Å². The van der Waals surface area contributed by atoms with Crippen LogP contribution in [0.4, 0.5) is 5.82 Å². The van der Waals surface area contributed by atoms with Crippen LogP contribution in [0.15, 0.2) is 55.1 Å². The second kappa shape index (κ2) is 9.37. The van der Waals surface area contributed by atoms with E-state index in [-0.39, 0.29) is 0 Å². The number of aliphatic hydroxyl groups is 2. The van der Waals surface area contributed by atoms with Gasteiger partial charge in [-0.2, -0.15) is 0 Å². The first kappa shape index (κ1) is 22.8. The molecule has 1 fully saturated rings. The van der Waals surface area contributed by atoms with Crippen LogP contribution in [0.5, 0.6) is 0 Å². The van der Waals surface area contributed by atoms with E-state index < -0.39 is 30.4 Å². The first-order valence-electron chi connectivity index (χ1n) is 11.1. The maximum absolute atomic E-state index is 12.1. The van der Waals surface area contributed by atoms with Gasteiger partial charge in [0.05, 0.1) is 6.33 Å². The molecule has 0 saturated carbocycles. The molecule has 0 bridgehead atoms. The van der Waals surface area contributed by atoms with E-state index in [0.29, 0.717) is 29.4 Å². The van der Waals surface area contributed by atoms with Gasteiger partial charge < -0.3 is 25.6 Å². The molecule has 11 heteroatoms. The van der Waals surface area contributed by atoms with Gasteiger partial charge in [-0.1, -0.05) is 30.3 Å². The van der Waals surface area contributed by atoms with Crippen molar-refractivity contribution in [2.75, 3.05) is 12.4 Å². The van der Waals surface area contributed by atoms with Crippen LogP contribution < -0.4 is 10.6 Å². The number of carbonyl (C=O) groups excluding carboxylic acids is 1. The number of imidazole rings is 1. The third-order valence-corrected chi connectivity index (χ3v) is 6.02. The highest BCUT2D eigenvalue weighted by Crippen LogP contribution is 2.34. The van der Waals surface area contributed by atoms with Crippen molar-refractivity contribution in [1.29, 1.82) is 0 Å². The monoisotopic (exact) mass is 475 g/mol. The molecular formula is C24H25N7O4. The number of aliphatic hydroxyl groups excluding tert-OH is 2. The average Bonchev–Trinajstić information content (AvgIpc) is 3.43. The van der Waals surface area contributed by atoms with E-state index in [1.165, 1.54) is 17.9 Å². The molecule has 4 N–H and O–H groups in total. The van der Waals surface area contributed by atoms with Crippen LogP contribution in [-0.4, -0.2) is 66.0 Å². The molecule has 0 aliphatic carbocycles. The fourth-order valence-electron chi connectivity index (χ4n) is 4.07. The fraction of sp³-hybridized carbons (Fsp3) is 0.292. The third-order valence-electron chi connectivity index (χ3n) is 6.02. The van der Waals surface area contributed by atoms with Gasteiger partial charge in [-0.3, -0.25) is 14.3 Å². The SMILES string of the molecule is CNC(=O)[C@H]1O[C@@H](n2cnc3c(NCc4ccccc4)nc(-c4cnccc4C)nc32)[C@H](O)[C@@H]1O. The van der Waals surface area contributed by atoms with Gasteiger partial charge in [0.25, 0.3) is 5.91 Å². The van der Waals surface area contributed by atoms with Crippen LogP contribution in [0.3, 0.4) is 0 Å². The van der Waals surface area contributed by atoms with Gasteiger partial charge >= 0.3 is 0 Å². The summed E-state index contributed by atoms with van der Waals surface area (Å²) < 4.78 is 7.26. The number of likely N-dealkylation sites (N-methyl/N-ethyl adjacent to an activating group) is 1. The minimum atomic E-state index is -1.41. The minimum absolute atomic E-state index is 0.377. The number of nitrogens with zero attached hydrogens (tertiary/aromatic N) is 5. The normalized spacial score (nSPS) is 21.8. The van der Waals surface area contributed by atoms with Crippen LogP contribution in [0, 0.1) is 6.92 Å². The number of anilines is 1. The predicted octanol–water partition coefficient (Wildman–Crippen LogP) is 1.17. The summed E-state index contributed by atoms with van der Waals surface area (Å²) in [5.41, 5.74) is 3.57. The highest BCUT2D eigenvalue weighted by molar-refractivity contribution is 5.85. The van der Waals surface area contributed by atoms with E-state index in [9.17, 15) is 15.0 Å². The van der Waals surface area contributed by atoms with Gasteiger partial charge in [-0.15, -0.1) is 0 Å². The quantitative estimate of drug-likeness (QED) is 0.323. The lowest BCUT2D eigenvalue weighted by atomic mass is 10.1. The number of fused-ring (bicyclic) bond motifs is 1. The highest BCUT2D eigenvalue weighted by Gasteiger charge is 2.47. The topological polar surface area (TPSA) is 147 Å². The molecule has 0 radical (unpaired) electrons. The number of aryl methyl sites for hydroxylation is 1. The Morgan fingerprint density at radius 2 is 1.94 bits per heavy atom. The van der Waals surface area contributed by atoms with Crippen molar-refractivity contribution in [3.8, 4) is 11.4 Å². The van der Waals surface area contributed by atoms with Crippen molar-refractivity contribution >= 4 is 22.9 Å². The molecular weight excluding hydrogens is 450 g/mol. The molecule has 1 saturated heterocycles. The van der Waals surface area contributed by atoms with Gasteiger partial charge in [0.2, 0.25) is 0 Å². The summed E-state index contributed by atoms with van der Waals surface area (Å²) in [5, 5.41) is 26.9. The van der Waals surface area contributed by atoms with Crippen molar-refractivity contribution in [1.82, 2.24) is 29.8 Å². The maximum atomic E-state index is 12.1. The summed E-state index contributed by atoms with van der Waals surface area (Å²) in [6, 6.07) is 11.7. The molecule has 11 nitrogen and oxygen atoms in total. The first-order chi connectivity index (χ1) is 17.0. The molecule has 4 heterocycles. The average molecular weight is 476 g/mol. The summed E-state index contributed by atoms with van der Waals surface area (Å²) in [7, 11) is 1.44. The Balaban J connectivity index is 1.59. The van der Waals surface area contributed by atoms with E-state index in [2.05, 4.69) is 20.6 Å². The van der Waals surface area contributed by atoms with E-state index in [1.54, 1.807) is 12.4 Å². The first-order valence-corrected chi connectivity index (χ1v) is 11.1. The number of nitrogens with one attached hydrogen (secondary N) is 2. The molecule has 1 aliphatic heterocycles. The smallest absolute Gasteiger partial charge is 0.251 e. The van der Waals surface area contributed by atoms with Crippen LogP contribution in [0.2, 0.25) is 0 Å². The number of hydrogen-bond acceptors (Lipinski definition) is 9. The molecule has 180 valence electrons. The molecule has 1 aliphatic rings. The third kappa shape index (κ3) is 4.20. The van der Waals surface area contributed by atoms with Crippen LogP contribution in [0.1, 0.15) is 17.4 Å². The summed E-state index contributed by atoms with van der Waals surface area (Å²) in [5.74, 6) is 0.373. The predicted molar refractivity (Wildman–Crippen MR) is 127 cm³/mol. The molecule has 4 aromatic rings. The number of carbonyl (C=O) groups is 1. The number of benzene rings is 1. The Labute approximate surface area is 200 Å². The molecule has 4 atom stereocenters. The van der Waals surface area contributed by atoms with Gasteiger partial charge in [-0.25, -0.2) is 15.0 Å². The lowest BCUT2D eigenvalue weighted by Gasteiger charge is -2.17. The van der Waals surface area contributed by atoms with E-state index in [4.69, 9.17) is 14.7 Å². The largest absolute Gasteiger partial charge is 0.387 e. The lowest BCUT2D eigenvalue weighted by Crippen LogP contribution is -2.41. The molecule has 1 aromatic carbocycles. The fourth-order valence-corrected chi connectivity index (χ4v) is 4.07. The number of ether oxygens (including phenoxy) is 1. The highest BCUT2D eigenvalue weighted by atomic mass is 16.6. The Kier molecular flexibility index (Phi) is 6.12.